The summed E-state index contributed by atoms with van der Waals surface area (Å²) in [5.41, 5.74) is 2.93. The summed E-state index contributed by atoms with van der Waals surface area (Å²) in [4.78, 5) is 2.46. The number of ether oxygens (including phenoxy) is 2. The van der Waals surface area contributed by atoms with Gasteiger partial charge in [-0.05, 0) is 38.4 Å². The Morgan fingerprint density at radius 1 is 1.25 bits per heavy atom. The van der Waals surface area contributed by atoms with Crippen LogP contribution in [0.2, 0.25) is 0 Å². The lowest BCUT2D eigenvalue weighted by Crippen LogP contribution is -2.44. The zero-order chi connectivity index (χ0) is 14.2. The van der Waals surface area contributed by atoms with Crippen molar-refractivity contribution in [2.75, 3.05) is 20.1 Å². The van der Waals surface area contributed by atoms with Gasteiger partial charge in [-0.25, -0.2) is 0 Å². The van der Waals surface area contributed by atoms with Gasteiger partial charge in [-0.1, -0.05) is 24.3 Å². The number of hydrogen-bond acceptors (Lipinski definition) is 4. The highest BCUT2D eigenvalue weighted by Crippen LogP contribution is 2.28. The number of hydrogen-bond donors (Lipinski definition) is 1. The van der Waals surface area contributed by atoms with Gasteiger partial charge in [-0.15, -0.1) is 0 Å². The van der Waals surface area contributed by atoms with Gasteiger partial charge in [0.25, 0.3) is 0 Å². The van der Waals surface area contributed by atoms with E-state index in [1.807, 2.05) is 20.9 Å². The number of rotatable bonds is 3. The van der Waals surface area contributed by atoms with Crippen LogP contribution in [0, 0.1) is 0 Å². The van der Waals surface area contributed by atoms with E-state index in [-0.39, 0.29) is 12.3 Å². The Morgan fingerprint density at radius 3 is 2.75 bits per heavy atom. The zero-order valence-electron chi connectivity index (χ0n) is 12.6. The first kappa shape index (κ1) is 14.0. The van der Waals surface area contributed by atoms with Gasteiger partial charge in [-0.3, -0.25) is 10.2 Å². The Morgan fingerprint density at radius 2 is 2.00 bits per heavy atom. The van der Waals surface area contributed by atoms with Gasteiger partial charge in [0.15, 0.2) is 5.79 Å². The molecular weight excluding hydrogens is 252 g/mol. The Labute approximate surface area is 121 Å². The van der Waals surface area contributed by atoms with Gasteiger partial charge in [-0.2, -0.15) is 0 Å². The third kappa shape index (κ3) is 2.88. The molecule has 2 atom stereocenters. The van der Waals surface area contributed by atoms with Crippen molar-refractivity contribution < 1.29 is 9.47 Å². The van der Waals surface area contributed by atoms with E-state index in [0.717, 1.165) is 26.1 Å². The summed E-state index contributed by atoms with van der Waals surface area (Å²) in [6, 6.07) is 8.72. The number of benzene rings is 1. The van der Waals surface area contributed by atoms with E-state index in [1.54, 1.807) is 0 Å². The van der Waals surface area contributed by atoms with Crippen LogP contribution in [0.1, 0.15) is 25.0 Å². The van der Waals surface area contributed by atoms with E-state index in [2.05, 4.69) is 34.5 Å². The average Bonchev–Trinajstić information content (AvgIpc) is 2.73. The summed E-state index contributed by atoms with van der Waals surface area (Å²) < 4.78 is 11.9. The summed E-state index contributed by atoms with van der Waals surface area (Å²) >= 11 is 0. The molecule has 1 saturated heterocycles. The van der Waals surface area contributed by atoms with Crippen molar-refractivity contribution in [1.82, 2.24) is 10.2 Å². The first-order chi connectivity index (χ1) is 9.57. The molecule has 2 aliphatic heterocycles. The Bertz CT molecular complexity index is 475. The molecule has 0 unspecified atom stereocenters. The second-order valence-electron chi connectivity index (χ2n) is 6.14. The predicted molar refractivity (Wildman–Crippen MR) is 78.3 cm³/mol. The van der Waals surface area contributed by atoms with Crippen molar-refractivity contribution in [2.24, 2.45) is 0 Å². The van der Waals surface area contributed by atoms with Gasteiger partial charge in [0.05, 0.1) is 0 Å². The molecule has 4 nitrogen and oxygen atoms in total. The molecule has 0 aliphatic carbocycles. The molecule has 1 aromatic carbocycles. The van der Waals surface area contributed by atoms with Crippen molar-refractivity contribution in [1.29, 1.82) is 0 Å². The maximum atomic E-state index is 6.02. The molecule has 0 bridgehead atoms. The summed E-state index contributed by atoms with van der Waals surface area (Å²) in [6.45, 7) is 6.95. The van der Waals surface area contributed by atoms with Crippen LogP contribution in [-0.2, 0) is 22.4 Å². The largest absolute Gasteiger partial charge is 0.342 e. The molecule has 3 rings (SSSR count). The Balaban J connectivity index is 1.65. The molecule has 0 saturated carbocycles. The lowest BCUT2D eigenvalue weighted by Gasteiger charge is -2.31. The molecule has 2 aliphatic rings. The standard InChI is InChI=1S/C16H24N2O2/c1-16(2)19-14(15(17-3)20-16)11-18-9-8-12-6-4-5-7-13(12)10-18/h4-7,14-15,17H,8-11H2,1-3H3/t14-,15-/m1/s1. The van der Waals surface area contributed by atoms with Crippen LogP contribution in [0.25, 0.3) is 0 Å². The molecule has 0 spiro atoms. The van der Waals surface area contributed by atoms with Crippen LogP contribution in [0.3, 0.4) is 0 Å². The van der Waals surface area contributed by atoms with E-state index in [9.17, 15) is 0 Å². The Hall–Kier alpha value is -0.940. The third-order valence-electron chi connectivity index (χ3n) is 4.12. The minimum absolute atomic E-state index is 0.0258. The topological polar surface area (TPSA) is 33.7 Å². The van der Waals surface area contributed by atoms with E-state index < -0.39 is 5.79 Å². The van der Waals surface area contributed by atoms with Crippen LogP contribution in [0.15, 0.2) is 24.3 Å². The van der Waals surface area contributed by atoms with Crippen LogP contribution < -0.4 is 5.32 Å². The molecule has 0 radical (unpaired) electrons. The minimum atomic E-state index is -0.494. The molecule has 1 N–H and O–H groups in total. The highest BCUT2D eigenvalue weighted by molar-refractivity contribution is 5.29. The van der Waals surface area contributed by atoms with Crippen molar-refractivity contribution in [2.45, 2.75) is 44.9 Å². The van der Waals surface area contributed by atoms with Crippen LogP contribution in [-0.4, -0.2) is 43.2 Å². The summed E-state index contributed by atoms with van der Waals surface area (Å²) in [7, 11) is 1.92. The van der Waals surface area contributed by atoms with Crippen LogP contribution >= 0.6 is 0 Å². The maximum absolute atomic E-state index is 6.02. The fourth-order valence-corrected chi connectivity index (χ4v) is 3.18. The number of likely N-dealkylation sites (N-methyl/N-ethyl adjacent to an activating group) is 1. The number of nitrogens with one attached hydrogen (secondary N) is 1. The fraction of sp³-hybridized carbons (Fsp3) is 0.625. The zero-order valence-corrected chi connectivity index (χ0v) is 12.6. The fourth-order valence-electron chi connectivity index (χ4n) is 3.18. The molecule has 0 aromatic heterocycles. The maximum Gasteiger partial charge on any atom is 0.165 e. The molecule has 20 heavy (non-hydrogen) atoms. The van der Waals surface area contributed by atoms with E-state index in [0.29, 0.717) is 0 Å². The summed E-state index contributed by atoms with van der Waals surface area (Å²) in [5, 5.41) is 3.20. The van der Waals surface area contributed by atoms with Crippen molar-refractivity contribution in [3.05, 3.63) is 35.4 Å². The SMILES string of the molecule is CN[C@@H]1OC(C)(C)O[C@@H]1CN1CCc2ccccc2C1. The van der Waals surface area contributed by atoms with Gasteiger partial charge < -0.3 is 9.47 Å². The van der Waals surface area contributed by atoms with E-state index in [1.165, 1.54) is 11.1 Å². The molecular formula is C16H24N2O2. The van der Waals surface area contributed by atoms with Gasteiger partial charge in [0.1, 0.15) is 12.3 Å². The predicted octanol–water partition coefficient (Wildman–Crippen LogP) is 1.74. The highest BCUT2D eigenvalue weighted by Gasteiger charge is 2.41. The van der Waals surface area contributed by atoms with Crippen molar-refractivity contribution in [3.8, 4) is 0 Å². The normalized spacial score (nSPS) is 29.4. The second kappa shape index (κ2) is 5.45. The highest BCUT2D eigenvalue weighted by atomic mass is 16.8. The smallest absolute Gasteiger partial charge is 0.165 e. The first-order valence-corrected chi connectivity index (χ1v) is 7.39. The molecule has 1 aromatic rings. The first-order valence-electron chi connectivity index (χ1n) is 7.39. The average molecular weight is 276 g/mol. The lowest BCUT2D eigenvalue weighted by molar-refractivity contribution is -0.149. The van der Waals surface area contributed by atoms with Crippen LogP contribution in [0.5, 0.6) is 0 Å². The Kier molecular flexibility index (Phi) is 3.82. The van der Waals surface area contributed by atoms with Gasteiger partial charge >= 0.3 is 0 Å². The monoisotopic (exact) mass is 276 g/mol. The van der Waals surface area contributed by atoms with Gasteiger partial charge in [0.2, 0.25) is 0 Å². The molecule has 2 heterocycles. The third-order valence-corrected chi connectivity index (χ3v) is 4.12. The minimum Gasteiger partial charge on any atom is -0.342 e. The van der Waals surface area contributed by atoms with Crippen molar-refractivity contribution in [3.63, 3.8) is 0 Å². The van der Waals surface area contributed by atoms with Crippen LogP contribution in [0.4, 0.5) is 0 Å². The second-order valence-corrected chi connectivity index (χ2v) is 6.14. The molecule has 0 amide bonds. The van der Waals surface area contributed by atoms with E-state index >= 15 is 0 Å². The number of nitrogens with zero attached hydrogens (tertiary/aromatic N) is 1. The van der Waals surface area contributed by atoms with Crippen molar-refractivity contribution >= 4 is 0 Å². The summed E-state index contributed by atoms with van der Waals surface area (Å²) in [6.07, 6.45) is 1.18. The van der Waals surface area contributed by atoms with Gasteiger partial charge in [0, 0.05) is 19.6 Å². The molecule has 110 valence electrons. The number of fused-ring (bicyclic) bond motifs is 1. The lowest BCUT2D eigenvalue weighted by atomic mass is 10.00. The van der Waals surface area contributed by atoms with E-state index in [4.69, 9.17) is 9.47 Å². The quantitative estimate of drug-likeness (QED) is 0.912. The molecule has 4 heteroatoms. The summed E-state index contributed by atoms with van der Waals surface area (Å²) in [5.74, 6) is -0.494. The molecule has 1 fully saturated rings.